The predicted octanol–water partition coefficient (Wildman–Crippen LogP) is 2.56. The monoisotopic (exact) mass is 310 g/mol. The van der Waals surface area contributed by atoms with Crippen molar-refractivity contribution < 1.29 is 18.7 Å². The summed E-state index contributed by atoms with van der Waals surface area (Å²) in [6.45, 7) is 2.08. The highest BCUT2D eigenvalue weighted by Crippen LogP contribution is 2.20. The van der Waals surface area contributed by atoms with Gasteiger partial charge in [0.15, 0.2) is 11.3 Å². The van der Waals surface area contributed by atoms with Gasteiger partial charge in [-0.15, -0.1) is 0 Å². The molecule has 0 aliphatic heterocycles. The van der Waals surface area contributed by atoms with E-state index >= 15 is 0 Å². The Kier molecular flexibility index (Phi) is 4.14. The number of carbonyl (C=O) groups is 2. The van der Waals surface area contributed by atoms with E-state index in [-0.39, 0.29) is 23.9 Å². The van der Waals surface area contributed by atoms with Crippen LogP contribution in [0.25, 0.3) is 11.1 Å². The molecule has 23 heavy (non-hydrogen) atoms. The molecule has 0 unspecified atom stereocenters. The van der Waals surface area contributed by atoms with Crippen LogP contribution in [-0.4, -0.2) is 28.3 Å². The van der Waals surface area contributed by atoms with E-state index in [4.69, 9.17) is 9.15 Å². The molecule has 3 rings (SSSR count). The van der Waals surface area contributed by atoms with Gasteiger partial charge in [0.25, 0.3) is 0 Å². The molecular weight excluding hydrogens is 296 g/mol. The second-order valence-electron chi connectivity index (χ2n) is 4.84. The van der Waals surface area contributed by atoms with Crippen LogP contribution in [0.3, 0.4) is 0 Å². The van der Waals surface area contributed by atoms with Gasteiger partial charge in [-0.3, -0.25) is 14.6 Å². The smallest absolute Gasteiger partial charge is 0.311 e. The summed E-state index contributed by atoms with van der Waals surface area (Å²) in [5.74, 6) is -0.375. The third kappa shape index (κ3) is 3.26. The average molecular weight is 310 g/mol. The van der Waals surface area contributed by atoms with Gasteiger partial charge in [-0.25, -0.2) is 4.98 Å². The highest BCUT2D eigenvalue weighted by Gasteiger charge is 2.16. The number of furan rings is 1. The fraction of sp³-hybridized carbons (Fsp3) is 0.176. The highest BCUT2D eigenvalue weighted by molar-refractivity contribution is 6.08. The molecule has 0 amide bonds. The SMILES string of the molecule is CCOC(=O)Cc1ccc2oc(C(=O)c3ccncc3)cc2n1. The Bertz CT molecular complexity index is 855. The van der Waals surface area contributed by atoms with Gasteiger partial charge < -0.3 is 9.15 Å². The number of esters is 1. The summed E-state index contributed by atoms with van der Waals surface area (Å²) >= 11 is 0. The maximum Gasteiger partial charge on any atom is 0.311 e. The van der Waals surface area contributed by atoms with Crippen molar-refractivity contribution in [1.82, 2.24) is 9.97 Å². The number of pyridine rings is 2. The average Bonchev–Trinajstić information content (AvgIpc) is 2.98. The molecule has 6 heteroatoms. The van der Waals surface area contributed by atoms with Crippen LogP contribution < -0.4 is 0 Å². The lowest BCUT2D eigenvalue weighted by atomic mass is 10.1. The Balaban J connectivity index is 1.87. The van der Waals surface area contributed by atoms with Gasteiger partial charge >= 0.3 is 5.97 Å². The van der Waals surface area contributed by atoms with Crippen LogP contribution in [0.5, 0.6) is 0 Å². The molecule has 6 nitrogen and oxygen atoms in total. The van der Waals surface area contributed by atoms with Crippen LogP contribution in [0.4, 0.5) is 0 Å². The second kappa shape index (κ2) is 6.39. The number of aromatic nitrogens is 2. The summed E-state index contributed by atoms with van der Waals surface area (Å²) in [5.41, 5.74) is 2.09. The maximum absolute atomic E-state index is 12.3. The first-order valence-electron chi connectivity index (χ1n) is 7.17. The minimum atomic E-state index is -0.337. The van der Waals surface area contributed by atoms with E-state index in [9.17, 15) is 9.59 Å². The highest BCUT2D eigenvalue weighted by atomic mass is 16.5. The van der Waals surface area contributed by atoms with Crippen LogP contribution in [-0.2, 0) is 16.0 Å². The lowest BCUT2D eigenvalue weighted by Gasteiger charge is -2.00. The van der Waals surface area contributed by atoms with E-state index < -0.39 is 0 Å². The topological polar surface area (TPSA) is 82.3 Å². The first kappa shape index (κ1) is 14.9. The van der Waals surface area contributed by atoms with Gasteiger partial charge in [0.1, 0.15) is 5.52 Å². The van der Waals surface area contributed by atoms with Gasteiger partial charge in [0, 0.05) is 24.0 Å². The van der Waals surface area contributed by atoms with E-state index in [1.165, 1.54) is 0 Å². The number of rotatable bonds is 5. The van der Waals surface area contributed by atoms with Crippen LogP contribution in [0.2, 0.25) is 0 Å². The Morgan fingerprint density at radius 1 is 1.17 bits per heavy atom. The number of ketones is 1. The van der Waals surface area contributed by atoms with Crippen molar-refractivity contribution in [2.24, 2.45) is 0 Å². The van der Waals surface area contributed by atoms with E-state index in [0.717, 1.165) is 0 Å². The first-order chi connectivity index (χ1) is 11.2. The van der Waals surface area contributed by atoms with E-state index in [1.807, 2.05) is 0 Å². The largest absolute Gasteiger partial charge is 0.466 e. The summed E-state index contributed by atoms with van der Waals surface area (Å²) in [4.78, 5) is 32.1. The van der Waals surface area contributed by atoms with Crippen LogP contribution in [0.1, 0.15) is 28.7 Å². The number of hydrogen-bond acceptors (Lipinski definition) is 6. The molecule has 0 atom stereocenters. The minimum Gasteiger partial charge on any atom is -0.466 e. The fourth-order valence-corrected chi connectivity index (χ4v) is 2.18. The standard InChI is InChI=1S/C17H14N2O4/c1-2-22-16(20)9-12-3-4-14-13(19-12)10-15(23-14)17(21)11-5-7-18-8-6-11/h3-8,10H,2,9H2,1H3. The molecule has 0 spiro atoms. The fourth-order valence-electron chi connectivity index (χ4n) is 2.18. The third-order valence-electron chi connectivity index (χ3n) is 3.23. The summed E-state index contributed by atoms with van der Waals surface area (Å²) in [6.07, 6.45) is 3.18. The van der Waals surface area contributed by atoms with Crippen molar-refractivity contribution >= 4 is 22.9 Å². The molecule has 0 N–H and O–H groups in total. The molecular formula is C17H14N2O4. The minimum absolute atomic E-state index is 0.0859. The molecule has 3 heterocycles. The Morgan fingerprint density at radius 3 is 2.70 bits per heavy atom. The van der Waals surface area contributed by atoms with Crippen molar-refractivity contribution in [2.45, 2.75) is 13.3 Å². The zero-order chi connectivity index (χ0) is 16.2. The molecule has 0 aliphatic carbocycles. The lowest BCUT2D eigenvalue weighted by molar-refractivity contribution is -0.142. The first-order valence-corrected chi connectivity index (χ1v) is 7.17. The summed E-state index contributed by atoms with van der Waals surface area (Å²) < 4.78 is 10.4. The zero-order valence-electron chi connectivity index (χ0n) is 12.5. The summed E-state index contributed by atoms with van der Waals surface area (Å²) in [6, 6.07) is 8.20. The Morgan fingerprint density at radius 2 is 1.96 bits per heavy atom. The summed E-state index contributed by atoms with van der Waals surface area (Å²) in [5, 5.41) is 0. The molecule has 0 aliphatic rings. The van der Waals surface area contributed by atoms with Crippen molar-refractivity contribution in [3.8, 4) is 0 Å². The molecule has 0 aromatic carbocycles. The predicted molar refractivity (Wildman–Crippen MR) is 82.0 cm³/mol. The van der Waals surface area contributed by atoms with Gasteiger partial charge in [0.2, 0.25) is 5.78 Å². The van der Waals surface area contributed by atoms with Crippen LogP contribution in [0.15, 0.2) is 47.1 Å². The number of ether oxygens (including phenoxy) is 1. The Hall–Kier alpha value is -3.02. The molecule has 0 saturated carbocycles. The van der Waals surface area contributed by atoms with E-state index in [0.29, 0.717) is 29.0 Å². The van der Waals surface area contributed by atoms with Crippen LogP contribution >= 0.6 is 0 Å². The van der Waals surface area contributed by atoms with Crippen molar-refractivity contribution in [3.63, 3.8) is 0 Å². The van der Waals surface area contributed by atoms with Gasteiger partial charge in [0.05, 0.1) is 18.7 Å². The molecule has 0 saturated heterocycles. The van der Waals surface area contributed by atoms with Crippen molar-refractivity contribution in [3.05, 3.63) is 59.7 Å². The summed E-state index contributed by atoms with van der Waals surface area (Å²) in [7, 11) is 0. The molecule has 0 bridgehead atoms. The van der Waals surface area contributed by atoms with Crippen LogP contribution in [0, 0.1) is 0 Å². The second-order valence-corrected chi connectivity index (χ2v) is 4.84. The number of hydrogen-bond donors (Lipinski definition) is 0. The number of carbonyl (C=O) groups excluding carboxylic acids is 2. The molecule has 116 valence electrons. The number of fused-ring (bicyclic) bond motifs is 1. The van der Waals surface area contributed by atoms with Gasteiger partial charge in [-0.05, 0) is 31.2 Å². The van der Waals surface area contributed by atoms with Crippen molar-refractivity contribution in [2.75, 3.05) is 6.61 Å². The third-order valence-corrected chi connectivity index (χ3v) is 3.23. The number of nitrogens with zero attached hydrogens (tertiary/aromatic N) is 2. The van der Waals surface area contributed by atoms with Gasteiger partial charge in [-0.1, -0.05) is 0 Å². The normalized spacial score (nSPS) is 10.7. The van der Waals surface area contributed by atoms with E-state index in [1.54, 1.807) is 49.6 Å². The molecule has 3 aromatic heterocycles. The zero-order valence-corrected chi connectivity index (χ0v) is 12.5. The molecule has 3 aromatic rings. The lowest BCUT2D eigenvalue weighted by Crippen LogP contribution is -2.08. The van der Waals surface area contributed by atoms with Crippen molar-refractivity contribution in [1.29, 1.82) is 0 Å². The van der Waals surface area contributed by atoms with Gasteiger partial charge in [-0.2, -0.15) is 0 Å². The quantitative estimate of drug-likeness (QED) is 0.532. The molecule has 0 fully saturated rings. The maximum atomic E-state index is 12.3. The van der Waals surface area contributed by atoms with E-state index in [2.05, 4.69) is 9.97 Å². The molecule has 0 radical (unpaired) electrons. The Labute approximate surface area is 132 Å².